The number of rotatable bonds is 4. The third kappa shape index (κ3) is 2.03. The van der Waals surface area contributed by atoms with E-state index in [4.69, 9.17) is 9.47 Å². The van der Waals surface area contributed by atoms with E-state index in [0.29, 0.717) is 0 Å². The molecule has 0 bridgehead atoms. The summed E-state index contributed by atoms with van der Waals surface area (Å²) in [6.45, 7) is 2.08. The van der Waals surface area contributed by atoms with Crippen LogP contribution in [-0.4, -0.2) is 19.2 Å². The van der Waals surface area contributed by atoms with Gasteiger partial charge in [-0.2, -0.15) is 0 Å². The highest BCUT2D eigenvalue weighted by atomic mass is 32.1. The zero-order valence-electron chi connectivity index (χ0n) is 7.53. The van der Waals surface area contributed by atoms with Crippen molar-refractivity contribution in [1.29, 1.82) is 0 Å². The number of aromatic nitrogens is 1. The Hall–Kier alpha value is -0.450. The highest BCUT2D eigenvalue weighted by Crippen LogP contribution is 2.19. The number of ether oxygens (including phenoxy) is 2. The monoisotopic (exact) mass is 187 g/mol. The molecule has 1 aromatic heterocycles. The molecule has 0 unspecified atom stereocenters. The number of thiazole rings is 1. The van der Waals surface area contributed by atoms with E-state index < -0.39 is 0 Å². The van der Waals surface area contributed by atoms with Gasteiger partial charge in [0.25, 0.3) is 0 Å². The van der Waals surface area contributed by atoms with Crippen molar-refractivity contribution in [2.75, 3.05) is 14.2 Å². The zero-order chi connectivity index (χ0) is 8.97. The van der Waals surface area contributed by atoms with E-state index in [-0.39, 0.29) is 6.29 Å². The van der Waals surface area contributed by atoms with Crippen molar-refractivity contribution in [1.82, 2.24) is 4.98 Å². The number of hydrogen-bond donors (Lipinski definition) is 0. The van der Waals surface area contributed by atoms with E-state index in [9.17, 15) is 0 Å². The average molecular weight is 187 g/mol. The van der Waals surface area contributed by atoms with Gasteiger partial charge in [0.15, 0.2) is 0 Å². The lowest BCUT2D eigenvalue weighted by Crippen LogP contribution is -2.03. The molecule has 68 valence electrons. The topological polar surface area (TPSA) is 31.4 Å². The Kier molecular flexibility index (Phi) is 3.65. The lowest BCUT2D eigenvalue weighted by Gasteiger charge is -2.09. The molecule has 1 heterocycles. The molecule has 0 spiro atoms. The van der Waals surface area contributed by atoms with Crippen molar-refractivity contribution >= 4 is 11.3 Å². The number of methoxy groups -OCH3 is 2. The molecule has 0 aliphatic carbocycles. The molecule has 0 aliphatic rings. The molecule has 0 aliphatic heterocycles. The maximum atomic E-state index is 5.07. The Morgan fingerprint density at radius 2 is 2.17 bits per heavy atom. The van der Waals surface area contributed by atoms with Crippen molar-refractivity contribution in [3.63, 3.8) is 0 Å². The van der Waals surface area contributed by atoms with Gasteiger partial charge in [-0.3, -0.25) is 0 Å². The van der Waals surface area contributed by atoms with E-state index in [0.717, 1.165) is 17.1 Å². The van der Waals surface area contributed by atoms with Crippen molar-refractivity contribution in [3.05, 3.63) is 16.1 Å². The normalized spacial score (nSPS) is 11.0. The number of nitrogens with zero attached hydrogens (tertiary/aromatic N) is 1. The maximum absolute atomic E-state index is 5.07. The fourth-order valence-corrected chi connectivity index (χ4v) is 1.68. The Morgan fingerprint density at radius 3 is 2.58 bits per heavy atom. The molecular formula is C8H13NO2S. The highest BCUT2D eigenvalue weighted by molar-refractivity contribution is 7.09. The van der Waals surface area contributed by atoms with Crippen molar-refractivity contribution in [2.24, 2.45) is 0 Å². The first kappa shape index (κ1) is 9.64. The first-order valence-electron chi connectivity index (χ1n) is 3.81. The van der Waals surface area contributed by atoms with Gasteiger partial charge in [-0.25, -0.2) is 4.98 Å². The standard InChI is InChI=1S/C8H13NO2S/c1-4-7-9-6(5-12-7)8(10-2)11-3/h5,8H,4H2,1-3H3. The molecule has 0 saturated heterocycles. The molecule has 0 N–H and O–H groups in total. The lowest BCUT2D eigenvalue weighted by atomic mass is 10.4. The maximum Gasteiger partial charge on any atom is 0.201 e. The minimum absolute atomic E-state index is 0.318. The highest BCUT2D eigenvalue weighted by Gasteiger charge is 2.11. The van der Waals surface area contributed by atoms with E-state index in [2.05, 4.69) is 11.9 Å². The van der Waals surface area contributed by atoms with Gasteiger partial charge in [0, 0.05) is 19.6 Å². The van der Waals surface area contributed by atoms with Crippen LogP contribution < -0.4 is 0 Å². The van der Waals surface area contributed by atoms with Crippen molar-refractivity contribution < 1.29 is 9.47 Å². The Balaban J connectivity index is 2.72. The van der Waals surface area contributed by atoms with Crippen LogP contribution in [0.15, 0.2) is 5.38 Å². The van der Waals surface area contributed by atoms with Crippen LogP contribution in [0, 0.1) is 0 Å². The predicted molar refractivity (Wildman–Crippen MR) is 48.3 cm³/mol. The van der Waals surface area contributed by atoms with Crippen LogP contribution in [0.2, 0.25) is 0 Å². The van der Waals surface area contributed by atoms with Crippen LogP contribution in [-0.2, 0) is 15.9 Å². The van der Waals surface area contributed by atoms with Gasteiger partial charge in [0.05, 0.1) is 5.01 Å². The third-order valence-electron chi connectivity index (χ3n) is 1.54. The Labute approximate surface area is 76.3 Å². The second kappa shape index (κ2) is 4.54. The minimum Gasteiger partial charge on any atom is -0.350 e. The summed E-state index contributed by atoms with van der Waals surface area (Å²) in [6, 6.07) is 0. The summed E-state index contributed by atoms with van der Waals surface area (Å²) >= 11 is 1.64. The SMILES string of the molecule is CCc1nc(C(OC)OC)cs1. The molecule has 0 atom stereocenters. The summed E-state index contributed by atoms with van der Waals surface area (Å²) in [5, 5.41) is 3.08. The number of aryl methyl sites for hydroxylation is 1. The van der Waals surface area contributed by atoms with E-state index >= 15 is 0 Å². The largest absolute Gasteiger partial charge is 0.350 e. The Bertz CT molecular complexity index is 233. The second-order valence-electron chi connectivity index (χ2n) is 2.32. The minimum atomic E-state index is -0.318. The molecule has 3 nitrogen and oxygen atoms in total. The number of hydrogen-bond acceptors (Lipinski definition) is 4. The van der Waals surface area contributed by atoms with Crippen LogP contribution in [0.5, 0.6) is 0 Å². The summed E-state index contributed by atoms with van der Waals surface area (Å²) in [6.07, 6.45) is 0.645. The van der Waals surface area contributed by atoms with Gasteiger partial charge in [0.2, 0.25) is 6.29 Å². The second-order valence-corrected chi connectivity index (χ2v) is 3.27. The Morgan fingerprint density at radius 1 is 1.50 bits per heavy atom. The fraction of sp³-hybridized carbons (Fsp3) is 0.625. The average Bonchev–Trinajstić information content (AvgIpc) is 2.55. The predicted octanol–water partition coefficient (Wildman–Crippen LogP) is 2.00. The molecule has 0 saturated carbocycles. The van der Waals surface area contributed by atoms with Crippen LogP contribution >= 0.6 is 11.3 Å². The van der Waals surface area contributed by atoms with Gasteiger partial charge in [0.1, 0.15) is 5.69 Å². The van der Waals surface area contributed by atoms with Crippen LogP contribution in [0.3, 0.4) is 0 Å². The fourth-order valence-electron chi connectivity index (χ4n) is 0.933. The van der Waals surface area contributed by atoms with Crippen molar-refractivity contribution in [3.8, 4) is 0 Å². The third-order valence-corrected chi connectivity index (χ3v) is 2.55. The van der Waals surface area contributed by atoms with E-state index in [1.54, 1.807) is 25.6 Å². The molecule has 0 aromatic carbocycles. The molecule has 0 fully saturated rings. The first-order chi connectivity index (χ1) is 5.81. The summed E-state index contributed by atoms with van der Waals surface area (Å²) in [7, 11) is 3.22. The van der Waals surface area contributed by atoms with E-state index in [1.807, 2.05) is 5.38 Å². The summed E-state index contributed by atoms with van der Waals surface area (Å²) in [4.78, 5) is 4.34. The molecule has 0 amide bonds. The zero-order valence-corrected chi connectivity index (χ0v) is 8.35. The van der Waals surface area contributed by atoms with Gasteiger partial charge in [-0.1, -0.05) is 6.92 Å². The molecular weight excluding hydrogens is 174 g/mol. The lowest BCUT2D eigenvalue weighted by molar-refractivity contribution is -0.108. The summed E-state index contributed by atoms with van der Waals surface area (Å²) in [5.41, 5.74) is 0.863. The molecule has 12 heavy (non-hydrogen) atoms. The van der Waals surface area contributed by atoms with Crippen molar-refractivity contribution in [2.45, 2.75) is 19.6 Å². The van der Waals surface area contributed by atoms with Crippen LogP contribution in [0.25, 0.3) is 0 Å². The van der Waals surface area contributed by atoms with Gasteiger partial charge >= 0.3 is 0 Å². The molecule has 1 aromatic rings. The van der Waals surface area contributed by atoms with Gasteiger partial charge in [-0.15, -0.1) is 11.3 Å². The van der Waals surface area contributed by atoms with Crippen LogP contribution in [0.1, 0.15) is 23.9 Å². The van der Waals surface area contributed by atoms with Gasteiger partial charge in [-0.05, 0) is 6.42 Å². The first-order valence-corrected chi connectivity index (χ1v) is 4.69. The molecule has 4 heteroatoms. The summed E-state index contributed by atoms with van der Waals surface area (Å²) in [5.74, 6) is 0. The summed E-state index contributed by atoms with van der Waals surface area (Å²) < 4.78 is 10.1. The van der Waals surface area contributed by atoms with Crippen LogP contribution in [0.4, 0.5) is 0 Å². The van der Waals surface area contributed by atoms with Gasteiger partial charge < -0.3 is 9.47 Å². The van der Waals surface area contributed by atoms with E-state index in [1.165, 1.54) is 0 Å². The molecule has 1 rings (SSSR count). The quantitative estimate of drug-likeness (QED) is 0.675. The smallest absolute Gasteiger partial charge is 0.201 e. The molecule has 0 radical (unpaired) electrons.